The summed E-state index contributed by atoms with van der Waals surface area (Å²) in [5.41, 5.74) is 3.02. The second kappa shape index (κ2) is 12.4. The Kier molecular flexibility index (Phi) is 9.01. The molecule has 3 aliphatic rings. The number of likely N-dealkylation sites (tertiary alicyclic amines) is 1. The molecule has 2 heterocycles. The molecule has 0 bridgehead atoms. The number of nitrogens with zero attached hydrogens (tertiary/aromatic N) is 3. The number of hydrogen-bond acceptors (Lipinski definition) is 6. The highest BCUT2D eigenvalue weighted by atomic mass is 32.2. The first-order chi connectivity index (χ1) is 17.4. The molecule has 0 aromatic heterocycles. The number of Topliss-reactive ketones (excluding diaryl/α,β-unsaturated/α-hetero) is 1. The molecular formula is C26H35N5O4S. The van der Waals surface area contributed by atoms with Crippen LogP contribution in [0, 0.1) is 11.8 Å². The van der Waals surface area contributed by atoms with Crippen LogP contribution in [0.1, 0.15) is 55.3 Å². The topological polar surface area (TPSA) is 111 Å². The Morgan fingerprint density at radius 2 is 1.67 bits per heavy atom. The van der Waals surface area contributed by atoms with Crippen molar-refractivity contribution < 1.29 is 19.2 Å². The molecule has 0 radical (unpaired) electrons. The van der Waals surface area contributed by atoms with E-state index in [-0.39, 0.29) is 23.7 Å². The lowest BCUT2D eigenvalue weighted by Crippen LogP contribution is -2.54. The van der Waals surface area contributed by atoms with Crippen molar-refractivity contribution in [3.8, 4) is 0 Å². The van der Waals surface area contributed by atoms with Gasteiger partial charge in [0, 0.05) is 43.9 Å². The summed E-state index contributed by atoms with van der Waals surface area (Å²) in [6.45, 7) is 1.76. The lowest BCUT2D eigenvalue weighted by Gasteiger charge is -2.36. The molecule has 9 nitrogen and oxygen atoms in total. The van der Waals surface area contributed by atoms with Gasteiger partial charge in [0.05, 0.1) is 0 Å². The molecule has 2 saturated heterocycles. The van der Waals surface area contributed by atoms with Crippen LogP contribution in [-0.4, -0.2) is 76.9 Å². The molecule has 2 aliphatic heterocycles. The molecule has 1 aliphatic carbocycles. The van der Waals surface area contributed by atoms with E-state index in [0.717, 1.165) is 44.4 Å². The summed E-state index contributed by atoms with van der Waals surface area (Å²) >= 11 is 1.51. The molecule has 2 N–H and O–H groups in total. The molecule has 1 unspecified atom stereocenters. The van der Waals surface area contributed by atoms with E-state index >= 15 is 0 Å². The highest BCUT2D eigenvalue weighted by Crippen LogP contribution is 2.26. The van der Waals surface area contributed by atoms with E-state index in [4.69, 9.17) is 0 Å². The molecule has 1 saturated carbocycles. The van der Waals surface area contributed by atoms with E-state index in [9.17, 15) is 19.2 Å². The van der Waals surface area contributed by atoms with E-state index in [2.05, 4.69) is 15.8 Å². The number of amides is 3. The predicted molar refractivity (Wildman–Crippen MR) is 139 cm³/mol. The average Bonchev–Trinajstić information content (AvgIpc) is 3.35. The van der Waals surface area contributed by atoms with Crippen molar-refractivity contribution in [2.45, 2.75) is 51.0 Å². The van der Waals surface area contributed by atoms with Crippen LogP contribution in [0.3, 0.4) is 0 Å². The number of hydrogen-bond donors (Lipinski definition) is 2. The summed E-state index contributed by atoms with van der Waals surface area (Å²) in [5, 5.41) is 7.70. The largest absolute Gasteiger partial charge is 0.352 e. The third kappa shape index (κ3) is 6.46. The van der Waals surface area contributed by atoms with Gasteiger partial charge in [-0.05, 0) is 43.7 Å². The maximum atomic E-state index is 13.3. The molecule has 4 rings (SSSR count). The fraction of sp³-hybridized carbons (Fsp3) is 0.577. The number of carbonyl (C=O) groups excluding carboxylic acids is 4. The highest BCUT2D eigenvalue weighted by molar-refractivity contribution is 8.14. The minimum absolute atomic E-state index is 0.0464. The van der Waals surface area contributed by atoms with Gasteiger partial charge in [0.25, 0.3) is 5.91 Å². The lowest BCUT2D eigenvalue weighted by atomic mass is 9.84. The van der Waals surface area contributed by atoms with Crippen molar-refractivity contribution in [2.75, 3.05) is 32.4 Å². The molecule has 0 spiro atoms. The number of carbonyl (C=O) groups is 4. The third-order valence-electron chi connectivity index (χ3n) is 7.34. The normalized spacial score (nSPS) is 21.3. The summed E-state index contributed by atoms with van der Waals surface area (Å²) < 4.78 is 0. The zero-order valence-electron chi connectivity index (χ0n) is 20.8. The number of ketones is 1. The van der Waals surface area contributed by atoms with Crippen molar-refractivity contribution in [1.82, 2.24) is 20.5 Å². The van der Waals surface area contributed by atoms with Crippen LogP contribution < -0.4 is 10.7 Å². The minimum Gasteiger partial charge on any atom is -0.352 e. The van der Waals surface area contributed by atoms with Gasteiger partial charge in [-0.15, -0.1) is 5.10 Å². The van der Waals surface area contributed by atoms with Crippen LogP contribution in [0.15, 0.2) is 35.4 Å². The van der Waals surface area contributed by atoms with Crippen molar-refractivity contribution in [2.24, 2.45) is 16.9 Å². The van der Waals surface area contributed by atoms with Crippen LogP contribution >= 0.6 is 11.8 Å². The van der Waals surface area contributed by atoms with Crippen LogP contribution in [0.5, 0.6) is 0 Å². The first kappa shape index (κ1) is 26.2. The molecular weight excluding hydrogens is 478 g/mol. The Balaban J connectivity index is 1.42. The van der Waals surface area contributed by atoms with Crippen LogP contribution in [0.2, 0.25) is 0 Å². The monoisotopic (exact) mass is 513 g/mol. The zero-order valence-corrected chi connectivity index (χ0v) is 21.6. The minimum atomic E-state index is -0.928. The summed E-state index contributed by atoms with van der Waals surface area (Å²) in [5.74, 6) is -1.18. The van der Waals surface area contributed by atoms with Gasteiger partial charge in [-0.3, -0.25) is 19.2 Å². The van der Waals surface area contributed by atoms with E-state index < -0.39 is 17.7 Å². The number of hydrazone groups is 1. The van der Waals surface area contributed by atoms with E-state index in [1.54, 1.807) is 17.0 Å². The number of thioether (sulfide) groups is 1. The number of piperidine rings is 1. The van der Waals surface area contributed by atoms with Crippen LogP contribution in [0.4, 0.5) is 0 Å². The van der Waals surface area contributed by atoms with Gasteiger partial charge < -0.3 is 15.1 Å². The number of nitrogens with one attached hydrogen (secondary N) is 2. The van der Waals surface area contributed by atoms with E-state index in [0.29, 0.717) is 36.7 Å². The molecule has 1 atom stereocenters. The summed E-state index contributed by atoms with van der Waals surface area (Å²) in [6, 6.07) is 8.18. The Morgan fingerprint density at radius 3 is 2.31 bits per heavy atom. The first-order valence-corrected chi connectivity index (χ1v) is 13.8. The van der Waals surface area contributed by atoms with Crippen LogP contribution in [-0.2, 0) is 14.4 Å². The average molecular weight is 514 g/mol. The predicted octanol–water partition coefficient (Wildman–Crippen LogP) is 2.24. The van der Waals surface area contributed by atoms with Crippen LogP contribution in [0.25, 0.3) is 0 Å². The van der Waals surface area contributed by atoms with Crippen molar-refractivity contribution in [1.29, 1.82) is 0 Å². The number of amidine groups is 1. The fourth-order valence-corrected chi connectivity index (χ4v) is 6.09. The molecule has 10 heteroatoms. The quantitative estimate of drug-likeness (QED) is 0.427. The lowest BCUT2D eigenvalue weighted by molar-refractivity contribution is -0.141. The molecule has 1 aromatic rings. The Bertz CT molecular complexity index is 987. The van der Waals surface area contributed by atoms with Gasteiger partial charge in [0.1, 0.15) is 6.04 Å². The summed E-state index contributed by atoms with van der Waals surface area (Å²) in [7, 11) is 1.88. The Hall–Kier alpha value is -2.88. The fourth-order valence-electron chi connectivity index (χ4n) is 5.12. The zero-order chi connectivity index (χ0) is 25.5. The SMILES string of the molecule is CN1CCS/C1=N\NC(=O)C(=O)C(NC(=O)C1CCCCC1)C1CCN(C(=O)c2ccccc2)CC1. The van der Waals surface area contributed by atoms with Gasteiger partial charge >= 0.3 is 5.91 Å². The number of benzene rings is 1. The van der Waals surface area contributed by atoms with Crippen molar-refractivity contribution in [3.63, 3.8) is 0 Å². The van der Waals surface area contributed by atoms with Gasteiger partial charge in [0.2, 0.25) is 11.7 Å². The first-order valence-electron chi connectivity index (χ1n) is 12.8. The molecule has 194 valence electrons. The molecule has 3 fully saturated rings. The van der Waals surface area contributed by atoms with Crippen molar-refractivity contribution >= 4 is 40.4 Å². The van der Waals surface area contributed by atoms with E-state index in [1.165, 1.54) is 11.8 Å². The van der Waals surface area contributed by atoms with E-state index in [1.807, 2.05) is 30.1 Å². The van der Waals surface area contributed by atoms with Gasteiger partial charge in [-0.1, -0.05) is 49.2 Å². The Labute approximate surface area is 216 Å². The number of rotatable bonds is 7. The van der Waals surface area contributed by atoms with Gasteiger partial charge in [-0.2, -0.15) is 0 Å². The standard InChI is InChI=1S/C26H35N5O4S/c1-30-16-17-36-26(30)29-28-24(34)22(32)21(27-23(33)19-8-4-2-5-9-19)18-12-14-31(15-13-18)25(35)20-10-6-3-7-11-20/h3,6-7,10-11,18-19,21H,2,4-5,8-9,12-17H2,1H3,(H,27,33)(H,28,34)/b29-26-. The third-order valence-corrected chi connectivity index (χ3v) is 8.38. The summed E-state index contributed by atoms with van der Waals surface area (Å²) in [4.78, 5) is 55.7. The summed E-state index contributed by atoms with van der Waals surface area (Å²) in [6.07, 6.45) is 5.79. The molecule has 1 aromatic carbocycles. The molecule has 36 heavy (non-hydrogen) atoms. The maximum absolute atomic E-state index is 13.3. The smallest absolute Gasteiger partial charge is 0.309 e. The van der Waals surface area contributed by atoms with Crippen molar-refractivity contribution in [3.05, 3.63) is 35.9 Å². The Morgan fingerprint density at radius 1 is 0.972 bits per heavy atom. The maximum Gasteiger partial charge on any atom is 0.309 e. The molecule has 3 amide bonds. The van der Waals surface area contributed by atoms with Gasteiger partial charge in [0.15, 0.2) is 5.17 Å². The highest BCUT2D eigenvalue weighted by Gasteiger charge is 2.38. The second-order valence-corrected chi connectivity index (χ2v) is 10.8. The second-order valence-electron chi connectivity index (χ2n) is 9.79. The van der Waals surface area contributed by atoms with Gasteiger partial charge in [-0.25, -0.2) is 5.43 Å².